The second-order valence-corrected chi connectivity index (χ2v) is 16.5. The van der Waals surface area contributed by atoms with Crippen molar-refractivity contribution in [1.82, 2.24) is 30.3 Å². The molecule has 3 atom stereocenters. The Labute approximate surface area is 362 Å². The molecule has 3 N–H and O–H groups in total. The summed E-state index contributed by atoms with van der Waals surface area (Å²) in [4.78, 5) is 84.0. The largest absolute Gasteiger partial charge is 0.412 e. The van der Waals surface area contributed by atoms with Gasteiger partial charge in [0.15, 0.2) is 11.6 Å². The van der Waals surface area contributed by atoms with E-state index in [1.807, 2.05) is 19.9 Å². The number of hydrogen-bond acceptors (Lipinski definition) is 13. The van der Waals surface area contributed by atoms with Gasteiger partial charge < -0.3 is 44.5 Å². The first kappa shape index (κ1) is 45.7. The Morgan fingerprint density at radius 1 is 0.918 bits per heavy atom. The van der Waals surface area contributed by atoms with Crippen LogP contribution in [0.1, 0.15) is 74.8 Å². The number of Topliss-reactive ketones (excluding diaryl/α,β-unsaturated/α-hetero) is 2. The van der Waals surface area contributed by atoms with Gasteiger partial charge in [-0.2, -0.15) is 5.10 Å². The first-order chi connectivity index (χ1) is 29.4. The van der Waals surface area contributed by atoms with Gasteiger partial charge in [-0.05, 0) is 91.2 Å². The molecular formula is C42H54BrN7O11. The number of rotatable bonds is 25. The molecule has 61 heavy (non-hydrogen) atoms. The summed E-state index contributed by atoms with van der Waals surface area (Å²) in [5.41, 5.74) is 0.768. The summed E-state index contributed by atoms with van der Waals surface area (Å²) >= 11 is 3.35. The lowest BCUT2D eigenvalue weighted by Crippen LogP contribution is -2.47. The number of hydrogen-bond donors (Lipinski definition) is 3. The van der Waals surface area contributed by atoms with Crippen molar-refractivity contribution in [3.8, 4) is 5.75 Å². The molecule has 3 aromatic rings. The Balaban J connectivity index is 1.02. The van der Waals surface area contributed by atoms with Gasteiger partial charge in [-0.1, -0.05) is 13.0 Å². The van der Waals surface area contributed by atoms with Gasteiger partial charge in [-0.25, -0.2) is 9.78 Å². The van der Waals surface area contributed by atoms with Crippen LogP contribution in [-0.4, -0.2) is 133 Å². The third kappa shape index (κ3) is 12.6. The molecule has 0 radical (unpaired) electrons. The van der Waals surface area contributed by atoms with Crippen molar-refractivity contribution in [2.75, 3.05) is 64.7 Å². The molecule has 330 valence electrons. The molecule has 3 heterocycles. The SMILES string of the molecule is CCCOCCOCC(=O)CCCOCCOCC(=O)NC[C@@]12C[C@@H](C(=O)Nc3nc(Br)ccc3C)N(C(=O)Cn3nc(C(C)=O)c4cc(OC(=O)NC5CC5)ccc43)[C@@H]1C2. The second kappa shape index (κ2) is 21.3. The summed E-state index contributed by atoms with van der Waals surface area (Å²) in [6.07, 6.45) is 3.88. The number of carbonyl (C=O) groups is 6. The molecule has 1 saturated heterocycles. The third-order valence-electron chi connectivity index (χ3n) is 10.7. The van der Waals surface area contributed by atoms with Crippen molar-refractivity contribution in [3.63, 3.8) is 0 Å². The van der Waals surface area contributed by atoms with Crippen molar-refractivity contribution >= 4 is 68.0 Å². The molecule has 19 heteroatoms. The summed E-state index contributed by atoms with van der Waals surface area (Å²) in [6.45, 7) is 7.32. The van der Waals surface area contributed by atoms with E-state index >= 15 is 0 Å². The molecule has 2 aliphatic carbocycles. The van der Waals surface area contributed by atoms with Crippen molar-refractivity contribution in [3.05, 3.63) is 46.2 Å². The summed E-state index contributed by atoms with van der Waals surface area (Å²) < 4.78 is 29.1. The van der Waals surface area contributed by atoms with E-state index in [-0.39, 0.29) is 80.5 Å². The highest BCUT2D eigenvalue weighted by Gasteiger charge is 2.67. The maximum atomic E-state index is 14.3. The van der Waals surface area contributed by atoms with Gasteiger partial charge in [0.05, 0.1) is 31.9 Å². The average molecular weight is 913 g/mol. The maximum absolute atomic E-state index is 14.3. The Morgan fingerprint density at radius 2 is 1.66 bits per heavy atom. The minimum absolute atomic E-state index is 0.00483. The Hall–Kier alpha value is -4.82. The number of fused-ring (bicyclic) bond motifs is 2. The van der Waals surface area contributed by atoms with Crippen molar-refractivity contribution < 1.29 is 52.5 Å². The number of carbonyl (C=O) groups excluding carboxylic acids is 6. The van der Waals surface area contributed by atoms with Crippen LogP contribution in [0.25, 0.3) is 10.9 Å². The zero-order valence-corrected chi connectivity index (χ0v) is 36.4. The molecule has 6 rings (SSSR count). The maximum Gasteiger partial charge on any atom is 0.412 e. The van der Waals surface area contributed by atoms with Gasteiger partial charge in [-0.3, -0.25) is 28.7 Å². The number of halogens is 1. The summed E-state index contributed by atoms with van der Waals surface area (Å²) in [7, 11) is 0. The summed E-state index contributed by atoms with van der Waals surface area (Å²) in [6, 6.07) is 7.20. The monoisotopic (exact) mass is 911 g/mol. The molecule has 2 aromatic heterocycles. The molecule has 0 unspecified atom stereocenters. The Bertz CT molecular complexity index is 2090. The number of piperidine rings is 1. The predicted molar refractivity (Wildman–Crippen MR) is 224 cm³/mol. The number of aromatic nitrogens is 3. The number of anilines is 1. The highest BCUT2D eigenvalue weighted by atomic mass is 79.9. The fraction of sp³-hybridized carbons (Fsp3) is 0.571. The number of likely N-dealkylation sites (tertiary alicyclic amines) is 1. The van der Waals surface area contributed by atoms with E-state index in [9.17, 15) is 28.8 Å². The van der Waals surface area contributed by atoms with E-state index in [1.54, 1.807) is 29.2 Å². The van der Waals surface area contributed by atoms with Crippen LogP contribution in [0.4, 0.5) is 10.6 Å². The molecule has 0 bridgehead atoms. The molecule has 3 aliphatic rings. The summed E-state index contributed by atoms with van der Waals surface area (Å²) in [5.74, 6) is -0.932. The zero-order chi connectivity index (χ0) is 43.5. The lowest BCUT2D eigenvalue weighted by atomic mass is 9.99. The summed E-state index contributed by atoms with van der Waals surface area (Å²) in [5, 5.41) is 13.5. The molecule has 18 nitrogen and oxygen atoms in total. The number of ketones is 2. The highest BCUT2D eigenvalue weighted by Crippen LogP contribution is 2.59. The normalized spacial score (nSPS) is 19.0. The molecule has 0 spiro atoms. The lowest BCUT2D eigenvalue weighted by Gasteiger charge is -2.27. The number of amides is 4. The highest BCUT2D eigenvalue weighted by molar-refractivity contribution is 9.10. The lowest BCUT2D eigenvalue weighted by molar-refractivity contribution is -0.138. The minimum atomic E-state index is -0.885. The first-order valence-corrected chi connectivity index (χ1v) is 21.5. The van der Waals surface area contributed by atoms with E-state index in [1.165, 1.54) is 11.6 Å². The standard InChI is InChI=1S/C42H54BrN7O11/c1-4-13-57-15-17-59-23-29(52)6-5-14-58-16-18-60-24-36(53)44-25-42-20-33(40(55)47-39-26(2)7-12-35(43)46-39)50(34(42)21-42)37(54)22-49-32-11-10-30(61-41(56)45-28-8-9-28)19-31(32)38(48-49)27(3)51/h7,10-12,19,28,33-34H,4-6,8-9,13-18,20-25H2,1-3H3,(H,44,53)(H,45,56)(H,46,47,55)/t33-,34+,42-/m0/s1. The third-order valence-corrected chi connectivity index (χ3v) is 11.2. The van der Waals surface area contributed by atoms with Crippen LogP contribution in [0.2, 0.25) is 0 Å². The Kier molecular flexibility index (Phi) is 16.0. The second-order valence-electron chi connectivity index (χ2n) is 15.7. The minimum Gasteiger partial charge on any atom is -0.410 e. The average Bonchev–Trinajstić information content (AvgIpc) is 4.12. The smallest absolute Gasteiger partial charge is 0.410 e. The van der Waals surface area contributed by atoms with Gasteiger partial charge in [0.2, 0.25) is 17.7 Å². The van der Waals surface area contributed by atoms with Crippen LogP contribution >= 0.6 is 15.9 Å². The van der Waals surface area contributed by atoms with E-state index in [0.717, 1.165) is 24.8 Å². The fourth-order valence-corrected chi connectivity index (χ4v) is 7.66. The van der Waals surface area contributed by atoms with Crippen LogP contribution in [0.15, 0.2) is 34.9 Å². The number of pyridine rings is 1. The Morgan fingerprint density at radius 3 is 2.39 bits per heavy atom. The van der Waals surface area contributed by atoms with Gasteiger partial charge in [0.25, 0.3) is 0 Å². The van der Waals surface area contributed by atoms with Crippen LogP contribution < -0.4 is 20.7 Å². The number of nitrogens with zero attached hydrogens (tertiary/aromatic N) is 4. The van der Waals surface area contributed by atoms with E-state index in [0.29, 0.717) is 73.4 Å². The molecule has 2 saturated carbocycles. The van der Waals surface area contributed by atoms with Crippen molar-refractivity contribution in [2.24, 2.45) is 5.41 Å². The quantitative estimate of drug-likeness (QED) is 0.0625. The van der Waals surface area contributed by atoms with Crippen LogP contribution in [0.5, 0.6) is 5.75 Å². The van der Waals surface area contributed by atoms with Crippen LogP contribution in [0.3, 0.4) is 0 Å². The van der Waals surface area contributed by atoms with Gasteiger partial charge in [0.1, 0.15) is 47.7 Å². The first-order valence-electron chi connectivity index (χ1n) is 20.7. The topological polar surface area (TPSA) is 219 Å². The molecule has 1 aromatic carbocycles. The van der Waals surface area contributed by atoms with E-state index in [4.69, 9.17) is 23.7 Å². The van der Waals surface area contributed by atoms with Crippen LogP contribution in [0, 0.1) is 12.3 Å². The van der Waals surface area contributed by atoms with Crippen molar-refractivity contribution in [1.29, 1.82) is 0 Å². The number of ether oxygens (including phenoxy) is 5. The number of benzene rings is 1. The van der Waals surface area contributed by atoms with E-state index < -0.39 is 29.4 Å². The molecule has 4 amide bonds. The van der Waals surface area contributed by atoms with Crippen LogP contribution in [-0.2, 0) is 44.7 Å². The fourth-order valence-electron chi connectivity index (χ4n) is 7.35. The van der Waals surface area contributed by atoms with E-state index in [2.05, 4.69) is 42.0 Å². The van der Waals surface area contributed by atoms with Crippen molar-refractivity contribution in [2.45, 2.75) is 90.4 Å². The number of nitrogens with one attached hydrogen (secondary N) is 3. The zero-order valence-electron chi connectivity index (χ0n) is 34.8. The van der Waals surface area contributed by atoms with Gasteiger partial charge >= 0.3 is 6.09 Å². The predicted octanol–water partition coefficient (Wildman–Crippen LogP) is 3.90. The molecular weight excluding hydrogens is 858 g/mol. The van der Waals surface area contributed by atoms with Gasteiger partial charge in [-0.15, -0.1) is 0 Å². The molecule has 3 fully saturated rings. The van der Waals surface area contributed by atoms with Gasteiger partial charge in [0, 0.05) is 56.0 Å². The molecule has 1 aliphatic heterocycles. The number of aryl methyl sites for hydroxylation is 1.